The quantitative estimate of drug-likeness (QED) is 0.466. The standard InChI is InChI=1S/C23H28F2N8O2S2/c1-23(13-35-14-23)29-37-15-10-17(30-6-8-32(9-7-30)22(34)31-4-2-3-5-31)16-12-26-33(18(16)11-15)21-28-27-20(36-21)19(24)25/h10-12,19,29H,2-9,13-14H2,1H3. The Bertz CT molecular complexity index is 1280. The SMILES string of the molecule is CC1(NSc2cc(N3CCN(C(=O)N4CCCC4)CC3)c3cnn(-c4nnc(C(F)F)s4)c3c2)COC1. The molecule has 0 spiro atoms. The van der Waals surface area contributed by atoms with Gasteiger partial charge in [-0.05, 0) is 43.8 Å². The summed E-state index contributed by atoms with van der Waals surface area (Å²) in [6, 6.07) is 4.24. The smallest absolute Gasteiger partial charge is 0.320 e. The minimum atomic E-state index is -2.68. The van der Waals surface area contributed by atoms with E-state index in [4.69, 9.17) is 4.74 Å². The minimum absolute atomic E-state index is 0.104. The molecule has 5 heterocycles. The number of piperazine rings is 1. The number of halogens is 2. The predicted molar refractivity (Wildman–Crippen MR) is 138 cm³/mol. The normalized spacial score (nSPS) is 19.7. The van der Waals surface area contributed by atoms with Crippen LogP contribution in [0.2, 0.25) is 0 Å². The highest BCUT2D eigenvalue weighted by Gasteiger charge is 2.33. The first kappa shape index (κ1) is 24.8. The Morgan fingerprint density at radius 2 is 1.84 bits per heavy atom. The van der Waals surface area contributed by atoms with Crippen molar-refractivity contribution >= 4 is 45.9 Å². The van der Waals surface area contributed by atoms with Gasteiger partial charge in [-0.2, -0.15) is 5.10 Å². The molecule has 14 heteroatoms. The van der Waals surface area contributed by atoms with Gasteiger partial charge >= 0.3 is 6.03 Å². The molecular formula is C23H28F2N8O2S2. The number of aromatic nitrogens is 4. The third kappa shape index (κ3) is 4.87. The van der Waals surface area contributed by atoms with Gasteiger partial charge in [-0.3, -0.25) is 0 Å². The van der Waals surface area contributed by atoms with Crippen LogP contribution >= 0.6 is 23.3 Å². The molecule has 6 rings (SSSR count). The van der Waals surface area contributed by atoms with Crippen molar-refractivity contribution < 1.29 is 18.3 Å². The summed E-state index contributed by atoms with van der Waals surface area (Å²) in [7, 11) is 0. The number of ether oxygens (including phenoxy) is 1. The molecular weight excluding hydrogens is 522 g/mol. The van der Waals surface area contributed by atoms with Gasteiger partial charge in [0.1, 0.15) is 0 Å². The van der Waals surface area contributed by atoms with Gasteiger partial charge in [0, 0.05) is 55.2 Å². The lowest BCUT2D eigenvalue weighted by atomic mass is 10.0. The Morgan fingerprint density at radius 3 is 2.49 bits per heavy atom. The summed E-state index contributed by atoms with van der Waals surface area (Å²) >= 11 is 2.35. The van der Waals surface area contributed by atoms with Crippen LogP contribution in [0.25, 0.3) is 16.0 Å². The Morgan fingerprint density at radius 1 is 1.11 bits per heavy atom. The molecule has 0 unspecified atom stereocenters. The number of nitrogens with one attached hydrogen (secondary N) is 1. The van der Waals surface area contributed by atoms with E-state index in [9.17, 15) is 13.6 Å². The van der Waals surface area contributed by atoms with E-state index in [0.717, 1.165) is 58.8 Å². The molecule has 3 aliphatic heterocycles. The molecule has 198 valence electrons. The van der Waals surface area contributed by atoms with Gasteiger partial charge in [-0.15, -0.1) is 10.2 Å². The van der Waals surface area contributed by atoms with E-state index in [1.165, 1.54) is 11.9 Å². The number of hydrogen-bond acceptors (Lipinski definition) is 9. The summed E-state index contributed by atoms with van der Waals surface area (Å²) in [5, 5.41) is 13.0. The van der Waals surface area contributed by atoms with Gasteiger partial charge in [-0.25, -0.2) is 23.0 Å². The van der Waals surface area contributed by atoms with Crippen LogP contribution in [0.4, 0.5) is 19.3 Å². The van der Waals surface area contributed by atoms with E-state index < -0.39 is 6.43 Å². The van der Waals surface area contributed by atoms with Crippen LogP contribution in [0.5, 0.6) is 0 Å². The van der Waals surface area contributed by atoms with E-state index >= 15 is 0 Å². The molecule has 0 atom stereocenters. The molecule has 0 radical (unpaired) electrons. The third-order valence-corrected chi connectivity index (χ3v) is 8.93. The number of benzene rings is 1. The van der Waals surface area contributed by atoms with Crippen LogP contribution in [0.3, 0.4) is 0 Å². The second kappa shape index (κ2) is 9.97. The van der Waals surface area contributed by atoms with Crippen LogP contribution < -0.4 is 9.62 Å². The van der Waals surface area contributed by atoms with Crippen LogP contribution in [0.15, 0.2) is 23.2 Å². The monoisotopic (exact) mass is 550 g/mol. The fraction of sp³-hybridized carbons (Fsp3) is 0.565. The predicted octanol–water partition coefficient (Wildman–Crippen LogP) is 3.54. The highest BCUT2D eigenvalue weighted by atomic mass is 32.2. The molecule has 3 fully saturated rings. The molecule has 10 nitrogen and oxygen atoms in total. The zero-order chi connectivity index (χ0) is 25.6. The van der Waals surface area contributed by atoms with Crippen molar-refractivity contribution in [3.8, 4) is 5.13 Å². The lowest BCUT2D eigenvalue weighted by molar-refractivity contribution is -0.0510. The molecule has 3 aliphatic rings. The maximum Gasteiger partial charge on any atom is 0.320 e. The van der Waals surface area contributed by atoms with E-state index in [2.05, 4.69) is 37.9 Å². The maximum atomic E-state index is 13.2. The third-order valence-electron chi connectivity index (χ3n) is 6.96. The molecule has 1 N–H and O–H groups in total. The first-order chi connectivity index (χ1) is 17.9. The number of likely N-dealkylation sites (tertiary alicyclic amines) is 1. The highest BCUT2D eigenvalue weighted by Crippen LogP contribution is 2.36. The molecule has 0 saturated carbocycles. The van der Waals surface area contributed by atoms with Crippen LogP contribution in [0.1, 0.15) is 31.2 Å². The van der Waals surface area contributed by atoms with Gasteiger partial charge in [0.05, 0.1) is 30.5 Å². The molecule has 0 bridgehead atoms. The van der Waals surface area contributed by atoms with Crippen molar-refractivity contribution in [2.45, 2.75) is 36.6 Å². The largest absolute Gasteiger partial charge is 0.377 e. The summed E-state index contributed by atoms with van der Waals surface area (Å²) in [6.45, 7) is 7.75. The van der Waals surface area contributed by atoms with Crippen molar-refractivity contribution in [3.63, 3.8) is 0 Å². The van der Waals surface area contributed by atoms with Crippen molar-refractivity contribution in [1.29, 1.82) is 0 Å². The van der Waals surface area contributed by atoms with Crippen molar-refractivity contribution in [2.75, 3.05) is 57.4 Å². The number of nitrogens with zero attached hydrogens (tertiary/aromatic N) is 7. The van der Waals surface area contributed by atoms with Crippen LogP contribution in [0, 0.1) is 0 Å². The Kier molecular flexibility index (Phi) is 6.67. The number of amides is 2. The molecule has 37 heavy (non-hydrogen) atoms. The van der Waals surface area contributed by atoms with Crippen molar-refractivity contribution in [2.24, 2.45) is 0 Å². The summed E-state index contributed by atoms with van der Waals surface area (Å²) in [4.78, 5) is 20.0. The number of carbonyl (C=O) groups is 1. The minimum Gasteiger partial charge on any atom is -0.377 e. The molecule has 3 aromatic rings. The Hall–Kier alpha value is -2.55. The van der Waals surface area contributed by atoms with Gasteiger partial charge in [-0.1, -0.05) is 11.3 Å². The van der Waals surface area contributed by atoms with Crippen LogP contribution in [-0.2, 0) is 4.74 Å². The fourth-order valence-electron chi connectivity index (χ4n) is 4.85. The van der Waals surface area contributed by atoms with Crippen molar-refractivity contribution in [3.05, 3.63) is 23.3 Å². The van der Waals surface area contributed by atoms with E-state index in [0.29, 0.717) is 44.5 Å². The number of fused-ring (bicyclic) bond motifs is 1. The lowest BCUT2D eigenvalue weighted by Crippen LogP contribution is -2.55. The first-order valence-electron chi connectivity index (χ1n) is 12.3. The van der Waals surface area contributed by atoms with E-state index in [1.807, 2.05) is 15.9 Å². The van der Waals surface area contributed by atoms with Gasteiger partial charge in [0.15, 0.2) is 5.01 Å². The Labute approximate surface area is 221 Å². The highest BCUT2D eigenvalue weighted by molar-refractivity contribution is 7.97. The summed E-state index contributed by atoms with van der Waals surface area (Å²) in [5.41, 5.74) is 1.66. The van der Waals surface area contributed by atoms with Crippen molar-refractivity contribution in [1.82, 2.24) is 34.5 Å². The van der Waals surface area contributed by atoms with E-state index in [1.54, 1.807) is 10.9 Å². The van der Waals surface area contributed by atoms with Gasteiger partial charge in [0.25, 0.3) is 6.43 Å². The first-order valence-corrected chi connectivity index (χ1v) is 14.0. The zero-order valence-corrected chi connectivity index (χ0v) is 22.0. The summed E-state index contributed by atoms with van der Waals surface area (Å²) in [5.74, 6) is 0. The van der Waals surface area contributed by atoms with Crippen LogP contribution in [-0.4, -0.2) is 93.8 Å². The number of carbonyl (C=O) groups excluding carboxylic acids is 1. The number of alkyl halides is 2. The zero-order valence-electron chi connectivity index (χ0n) is 20.4. The fourth-order valence-corrected chi connectivity index (χ4v) is 6.35. The number of hydrogen-bond donors (Lipinski definition) is 1. The summed E-state index contributed by atoms with van der Waals surface area (Å²) < 4.78 is 36.8. The van der Waals surface area contributed by atoms with Gasteiger partial charge < -0.3 is 19.4 Å². The topological polar surface area (TPSA) is 91.7 Å². The van der Waals surface area contributed by atoms with Gasteiger partial charge in [0.2, 0.25) is 5.13 Å². The number of urea groups is 1. The molecule has 3 saturated heterocycles. The molecule has 2 amide bonds. The molecule has 0 aliphatic carbocycles. The van der Waals surface area contributed by atoms with E-state index in [-0.39, 0.29) is 16.6 Å². The molecule has 1 aromatic carbocycles. The lowest BCUT2D eigenvalue weighted by Gasteiger charge is -2.39. The Balaban J connectivity index is 1.29. The average Bonchev–Trinajstić information content (AvgIpc) is 3.66. The number of rotatable bonds is 6. The second-order valence-electron chi connectivity index (χ2n) is 9.86. The number of anilines is 1. The summed E-state index contributed by atoms with van der Waals surface area (Å²) in [6.07, 6.45) is 1.22. The maximum absolute atomic E-state index is 13.2. The molecule has 2 aromatic heterocycles. The second-order valence-corrected chi connectivity index (χ2v) is 11.7. The average molecular weight is 551 g/mol.